The first kappa shape index (κ1) is 23.9. The molecule has 198 valence electrons. The lowest BCUT2D eigenvalue weighted by Crippen LogP contribution is -2.88. The molecule has 3 saturated carbocycles. The van der Waals surface area contributed by atoms with Gasteiger partial charge in [0.15, 0.2) is 0 Å². The molecule has 5 heteroatoms. The van der Waals surface area contributed by atoms with E-state index in [9.17, 15) is 0 Å². The summed E-state index contributed by atoms with van der Waals surface area (Å²) >= 11 is 0. The molecule has 7 rings (SSSR count). The number of allylic oxidation sites excluding steroid dienone is 1. The van der Waals surface area contributed by atoms with Crippen LogP contribution in [0.3, 0.4) is 0 Å². The van der Waals surface area contributed by atoms with Gasteiger partial charge in [0.05, 0.1) is 23.9 Å². The highest BCUT2D eigenvalue weighted by Crippen LogP contribution is 2.65. The first-order chi connectivity index (χ1) is 17.4. The molecule has 0 radical (unpaired) electrons. The van der Waals surface area contributed by atoms with Gasteiger partial charge in [-0.15, -0.1) is 6.58 Å². The second-order valence-corrected chi connectivity index (χ2v) is 14.0. The van der Waals surface area contributed by atoms with Gasteiger partial charge >= 0.3 is 0 Å². The molecular weight excluding hydrogens is 444 g/mol. The molecule has 1 unspecified atom stereocenters. The molecule has 36 heavy (non-hydrogen) atoms. The van der Waals surface area contributed by atoms with E-state index in [2.05, 4.69) is 67.1 Å². The van der Waals surface area contributed by atoms with Crippen molar-refractivity contribution >= 4 is 0 Å². The molecule has 0 aromatic heterocycles. The topological polar surface area (TPSA) is 53.1 Å². The minimum atomic E-state index is 0.0434. The van der Waals surface area contributed by atoms with E-state index in [1.165, 1.54) is 57.8 Å². The fourth-order valence-electron chi connectivity index (χ4n) is 10.6. The zero-order valence-electron chi connectivity index (χ0n) is 22.8. The molecule has 3 aliphatic heterocycles. The normalized spacial score (nSPS) is 52.1. The van der Waals surface area contributed by atoms with E-state index in [1.807, 2.05) is 5.57 Å². The molecule has 5 nitrogen and oxygen atoms in total. The van der Waals surface area contributed by atoms with E-state index >= 15 is 0 Å². The summed E-state index contributed by atoms with van der Waals surface area (Å²) in [6.45, 7) is 12.8. The molecular formula is C31H49N4O+. The van der Waals surface area contributed by atoms with Crippen molar-refractivity contribution in [2.45, 2.75) is 109 Å². The number of nitrogens with zero attached hydrogens (tertiary/aromatic N) is 1. The first-order valence-electron chi connectivity index (χ1n) is 15.2. The quantitative estimate of drug-likeness (QED) is 0.394. The van der Waals surface area contributed by atoms with Crippen molar-refractivity contribution in [2.75, 3.05) is 6.54 Å². The summed E-state index contributed by atoms with van der Waals surface area (Å²) in [4.78, 5) is 0. The summed E-state index contributed by atoms with van der Waals surface area (Å²) in [7, 11) is 0. The Balaban J connectivity index is 1.11. The van der Waals surface area contributed by atoms with Crippen LogP contribution in [0.4, 0.5) is 0 Å². The Bertz CT molecular complexity index is 960. The maximum atomic E-state index is 7.09. The maximum absolute atomic E-state index is 7.09. The number of nitrogens with one attached hydrogen (secondary N) is 2. The highest BCUT2D eigenvalue weighted by Gasteiger charge is 2.59. The van der Waals surface area contributed by atoms with E-state index in [1.54, 1.807) is 5.57 Å². The van der Waals surface area contributed by atoms with Crippen molar-refractivity contribution in [3.05, 3.63) is 36.2 Å². The number of fused-ring (bicyclic) bond motifs is 6. The lowest BCUT2D eigenvalue weighted by atomic mass is 9.52. The van der Waals surface area contributed by atoms with E-state index in [4.69, 9.17) is 4.74 Å². The molecule has 0 amide bonds. The summed E-state index contributed by atoms with van der Waals surface area (Å²) in [6.07, 6.45) is 20.2. The van der Waals surface area contributed by atoms with Crippen molar-refractivity contribution in [1.29, 1.82) is 0 Å². The van der Waals surface area contributed by atoms with Crippen molar-refractivity contribution in [3.63, 3.8) is 0 Å². The summed E-state index contributed by atoms with van der Waals surface area (Å²) in [5.41, 5.74) is 9.67. The van der Waals surface area contributed by atoms with Crippen LogP contribution in [0.25, 0.3) is 0 Å². The van der Waals surface area contributed by atoms with Crippen LogP contribution >= 0.6 is 0 Å². The zero-order valence-corrected chi connectivity index (χ0v) is 22.8. The van der Waals surface area contributed by atoms with E-state index in [0.29, 0.717) is 35.4 Å². The van der Waals surface area contributed by atoms with Gasteiger partial charge in [0.1, 0.15) is 6.20 Å². The SMILES string of the molecule is C=C[C@@H]1CN[C@@H]2C(C1)O[C@]1(CC[C@@H]3C(=C(C)C1)C[C@H]1[C@H]3CC[C@@H]3C[C@@H](N4C=C[NH2+]N4)CC[C@@]31C)[C@@H]2C. The predicted octanol–water partition coefficient (Wildman–Crippen LogP) is 4.42. The lowest BCUT2D eigenvalue weighted by molar-refractivity contribution is -0.662. The first-order valence-corrected chi connectivity index (χ1v) is 15.2. The molecule has 0 bridgehead atoms. The largest absolute Gasteiger partial charge is 0.369 e. The lowest BCUT2D eigenvalue weighted by Gasteiger charge is -2.54. The standard InChI is InChI=1S/C31H48N4O/c1-5-21-14-28-29(32-18-21)20(3)31(36-28)11-9-24-25-7-6-22-15-23(35-13-12-33-34-35)8-10-30(22,4)27(25)16-26(24)19(2)17-31/h5,12-13,20-25,27-29,32-34H,1,6-11,14-18H2,2-4H3/p+1/t20-,21+,22-,23+,24+,25+,27+,28?,29+,30+,31+/m1/s1. The summed E-state index contributed by atoms with van der Waals surface area (Å²) in [5.74, 6) is 4.65. The van der Waals surface area contributed by atoms with Gasteiger partial charge in [0.25, 0.3) is 0 Å². The van der Waals surface area contributed by atoms with Crippen LogP contribution in [0.2, 0.25) is 0 Å². The number of hydrogen-bond donors (Lipinski definition) is 3. The third-order valence-corrected chi connectivity index (χ3v) is 12.7. The number of piperidine rings is 1. The van der Waals surface area contributed by atoms with Crippen LogP contribution < -0.4 is 16.3 Å². The predicted molar refractivity (Wildman–Crippen MR) is 143 cm³/mol. The summed E-state index contributed by atoms with van der Waals surface area (Å²) < 4.78 is 7.09. The fraction of sp³-hybridized carbons (Fsp3) is 0.806. The van der Waals surface area contributed by atoms with Crippen LogP contribution in [-0.4, -0.2) is 35.3 Å². The molecule has 1 spiro atoms. The van der Waals surface area contributed by atoms with Gasteiger partial charge in [-0.3, -0.25) is 5.01 Å². The van der Waals surface area contributed by atoms with E-state index < -0.39 is 0 Å². The summed E-state index contributed by atoms with van der Waals surface area (Å²) in [5, 5.41) is 6.25. The van der Waals surface area contributed by atoms with Crippen molar-refractivity contribution < 1.29 is 10.2 Å². The van der Waals surface area contributed by atoms with E-state index in [0.717, 1.165) is 36.6 Å². The van der Waals surface area contributed by atoms with Gasteiger partial charge < -0.3 is 10.1 Å². The van der Waals surface area contributed by atoms with Gasteiger partial charge in [0.2, 0.25) is 0 Å². The van der Waals surface area contributed by atoms with Crippen LogP contribution in [-0.2, 0) is 4.74 Å². The van der Waals surface area contributed by atoms with Crippen LogP contribution in [0, 0.1) is 40.9 Å². The Hall–Kier alpha value is -1.14. The number of nitrogens with two attached hydrogens (primary N) is 1. The average molecular weight is 494 g/mol. The molecule has 5 fully saturated rings. The van der Waals surface area contributed by atoms with Gasteiger partial charge in [-0.25, -0.2) is 5.43 Å². The Labute approximate surface area is 218 Å². The smallest absolute Gasteiger partial charge is 0.131 e. The molecule has 11 atom stereocenters. The second-order valence-electron chi connectivity index (χ2n) is 14.0. The molecule has 3 heterocycles. The van der Waals surface area contributed by atoms with Crippen LogP contribution in [0.15, 0.2) is 36.2 Å². The third kappa shape index (κ3) is 3.48. The van der Waals surface area contributed by atoms with Gasteiger partial charge in [-0.05, 0) is 106 Å². The number of ether oxygens (including phenoxy) is 1. The number of rotatable bonds is 2. The second kappa shape index (κ2) is 8.69. The minimum Gasteiger partial charge on any atom is -0.369 e. The van der Waals surface area contributed by atoms with Crippen molar-refractivity contribution in [2.24, 2.45) is 40.9 Å². The van der Waals surface area contributed by atoms with Crippen LogP contribution in [0.1, 0.15) is 85.0 Å². The maximum Gasteiger partial charge on any atom is 0.131 e. The van der Waals surface area contributed by atoms with Gasteiger partial charge in [0, 0.05) is 18.5 Å². The Morgan fingerprint density at radius 2 is 2.08 bits per heavy atom. The highest BCUT2D eigenvalue weighted by atomic mass is 16.5. The van der Waals surface area contributed by atoms with Crippen LogP contribution in [0.5, 0.6) is 0 Å². The van der Waals surface area contributed by atoms with Crippen molar-refractivity contribution in [3.8, 4) is 0 Å². The fourth-order valence-corrected chi connectivity index (χ4v) is 10.6. The van der Waals surface area contributed by atoms with Gasteiger partial charge in [-0.2, -0.15) is 0 Å². The summed E-state index contributed by atoms with van der Waals surface area (Å²) in [6, 6.07) is 1.19. The Kier molecular flexibility index (Phi) is 5.78. The number of hydrazine groups is 1. The molecule has 0 aromatic carbocycles. The number of hydrogen-bond acceptors (Lipinski definition) is 4. The third-order valence-electron chi connectivity index (χ3n) is 12.7. The van der Waals surface area contributed by atoms with Gasteiger partial charge in [-0.1, -0.05) is 36.6 Å². The number of quaternary nitrogens is 1. The Morgan fingerprint density at radius 3 is 2.89 bits per heavy atom. The monoisotopic (exact) mass is 493 g/mol. The molecule has 7 aliphatic rings. The van der Waals surface area contributed by atoms with E-state index in [-0.39, 0.29) is 5.60 Å². The zero-order chi connectivity index (χ0) is 24.7. The molecule has 4 aliphatic carbocycles. The highest BCUT2D eigenvalue weighted by molar-refractivity contribution is 5.29. The Morgan fingerprint density at radius 1 is 1.19 bits per heavy atom. The molecule has 4 N–H and O–H groups in total. The van der Waals surface area contributed by atoms with Crippen molar-refractivity contribution in [1.82, 2.24) is 15.9 Å². The average Bonchev–Trinajstić information content (AvgIpc) is 3.58. The minimum absolute atomic E-state index is 0.0434. The molecule has 2 saturated heterocycles. The molecule has 0 aromatic rings.